The molecule has 1 aliphatic rings. The molecule has 2 amide bonds. The Morgan fingerprint density at radius 3 is 2.87 bits per heavy atom. The van der Waals surface area contributed by atoms with Gasteiger partial charge in [0, 0.05) is 19.5 Å². The number of amides is 2. The SMILES string of the molecule is CC1CCC(=O)N(CC(N)C(N)=O)CC1. The van der Waals surface area contributed by atoms with Crippen LogP contribution in [0.2, 0.25) is 0 Å². The molecule has 0 radical (unpaired) electrons. The third-order valence-electron chi connectivity index (χ3n) is 2.88. The Balaban J connectivity index is 2.52. The van der Waals surface area contributed by atoms with Crippen LogP contribution in [-0.4, -0.2) is 35.8 Å². The Morgan fingerprint density at radius 2 is 2.27 bits per heavy atom. The highest BCUT2D eigenvalue weighted by molar-refractivity contribution is 5.81. The summed E-state index contributed by atoms with van der Waals surface area (Å²) in [6, 6.07) is -0.748. The molecule has 1 heterocycles. The highest BCUT2D eigenvalue weighted by Gasteiger charge is 2.23. The maximum absolute atomic E-state index is 11.6. The number of primary amides is 1. The molecule has 2 unspecified atom stereocenters. The lowest BCUT2D eigenvalue weighted by atomic mass is 10.0. The van der Waals surface area contributed by atoms with Crippen LogP contribution in [0.5, 0.6) is 0 Å². The van der Waals surface area contributed by atoms with E-state index in [-0.39, 0.29) is 12.5 Å². The molecular weight excluding hydrogens is 194 g/mol. The van der Waals surface area contributed by atoms with E-state index in [1.54, 1.807) is 4.90 Å². The molecule has 1 fully saturated rings. The number of hydrogen-bond acceptors (Lipinski definition) is 3. The predicted octanol–water partition coefficient (Wildman–Crippen LogP) is -0.552. The number of likely N-dealkylation sites (tertiary alicyclic amines) is 1. The molecule has 0 aromatic carbocycles. The van der Waals surface area contributed by atoms with Gasteiger partial charge in [-0.1, -0.05) is 6.92 Å². The fourth-order valence-electron chi connectivity index (χ4n) is 1.69. The fraction of sp³-hybridized carbons (Fsp3) is 0.800. The van der Waals surface area contributed by atoms with Gasteiger partial charge in [-0.15, -0.1) is 0 Å². The van der Waals surface area contributed by atoms with Crippen LogP contribution >= 0.6 is 0 Å². The molecule has 15 heavy (non-hydrogen) atoms. The number of rotatable bonds is 3. The summed E-state index contributed by atoms with van der Waals surface area (Å²) in [6.07, 6.45) is 2.44. The molecule has 0 bridgehead atoms. The number of nitrogens with two attached hydrogens (primary N) is 2. The Labute approximate surface area is 89.8 Å². The quantitative estimate of drug-likeness (QED) is 0.659. The van der Waals surface area contributed by atoms with E-state index in [1.165, 1.54) is 0 Å². The summed E-state index contributed by atoms with van der Waals surface area (Å²) in [4.78, 5) is 24.1. The summed E-state index contributed by atoms with van der Waals surface area (Å²) in [5.74, 6) is 0.0832. The molecule has 0 aromatic rings. The Kier molecular flexibility index (Phi) is 4.08. The van der Waals surface area contributed by atoms with Gasteiger partial charge in [-0.3, -0.25) is 9.59 Å². The molecule has 0 aromatic heterocycles. The molecule has 0 saturated carbocycles. The Hall–Kier alpha value is -1.10. The van der Waals surface area contributed by atoms with Crippen molar-refractivity contribution in [3.8, 4) is 0 Å². The van der Waals surface area contributed by atoms with Gasteiger partial charge >= 0.3 is 0 Å². The molecule has 0 spiro atoms. The molecule has 1 aliphatic heterocycles. The van der Waals surface area contributed by atoms with Crippen molar-refractivity contribution in [3.05, 3.63) is 0 Å². The first-order valence-corrected chi connectivity index (χ1v) is 5.33. The standard InChI is InChI=1S/C10H19N3O2/c1-7-2-3-9(14)13(5-4-7)6-8(11)10(12)15/h7-8H,2-6,11H2,1H3,(H2,12,15). The topological polar surface area (TPSA) is 89.4 Å². The minimum Gasteiger partial charge on any atom is -0.368 e. The van der Waals surface area contributed by atoms with Gasteiger partial charge < -0.3 is 16.4 Å². The van der Waals surface area contributed by atoms with Crippen LogP contribution in [0.15, 0.2) is 0 Å². The van der Waals surface area contributed by atoms with Gasteiger partial charge in [0.25, 0.3) is 0 Å². The van der Waals surface area contributed by atoms with Crippen molar-refractivity contribution < 1.29 is 9.59 Å². The van der Waals surface area contributed by atoms with Gasteiger partial charge in [0.05, 0.1) is 0 Å². The van der Waals surface area contributed by atoms with Gasteiger partial charge in [-0.05, 0) is 18.8 Å². The zero-order valence-electron chi connectivity index (χ0n) is 9.11. The number of carbonyl (C=O) groups excluding carboxylic acids is 2. The fourth-order valence-corrected chi connectivity index (χ4v) is 1.69. The molecule has 5 nitrogen and oxygen atoms in total. The van der Waals surface area contributed by atoms with E-state index in [9.17, 15) is 9.59 Å². The lowest BCUT2D eigenvalue weighted by Gasteiger charge is -2.22. The first kappa shape index (κ1) is 12.0. The second-order valence-corrected chi connectivity index (χ2v) is 4.28. The summed E-state index contributed by atoms with van der Waals surface area (Å²) < 4.78 is 0. The predicted molar refractivity (Wildman–Crippen MR) is 56.8 cm³/mol. The average molecular weight is 213 g/mol. The molecule has 86 valence electrons. The molecule has 4 N–H and O–H groups in total. The highest BCUT2D eigenvalue weighted by atomic mass is 16.2. The molecular formula is C10H19N3O2. The van der Waals surface area contributed by atoms with Crippen molar-refractivity contribution in [3.63, 3.8) is 0 Å². The second kappa shape index (κ2) is 5.11. The Bertz CT molecular complexity index is 255. The van der Waals surface area contributed by atoms with E-state index >= 15 is 0 Å². The number of hydrogen-bond donors (Lipinski definition) is 2. The molecule has 1 saturated heterocycles. The van der Waals surface area contributed by atoms with Crippen molar-refractivity contribution in [1.29, 1.82) is 0 Å². The van der Waals surface area contributed by atoms with E-state index < -0.39 is 11.9 Å². The van der Waals surface area contributed by atoms with E-state index in [4.69, 9.17) is 11.5 Å². The minimum absolute atomic E-state index is 0.0797. The lowest BCUT2D eigenvalue weighted by molar-refractivity contribution is -0.131. The van der Waals surface area contributed by atoms with Crippen LogP contribution < -0.4 is 11.5 Å². The second-order valence-electron chi connectivity index (χ2n) is 4.28. The first-order valence-electron chi connectivity index (χ1n) is 5.33. The molecule has 0 aliphatic carbocycles. The largest absolute Gasteiger partial charge is 0.368 e. The minimum atomic E-state index is -0.748. The summed E-state index contributed by atoms with van der Waals surface area (Å²) in [5.41, 5.74) is 10.6. The van der Waals surface area contributed by atoms with E-state index in [2.05, 4.69) is 6.92 Å². The van der Waals surface area contributed by atoms with Crippen molar-refractivity contribution in [2.75, 3.05) is 13.1 Å². The Morgan fingerprint density at radius 1 is 1.60 bits per heavy atom. The van der Waals surface area contributed by atoms with E-state index in [1.807, 2.05) is 0 Å². The van der Waals surface area contributed by atoms with Crippen LogP contribution in [0.3, 0.4) is 0 Å². The zero-order chi connectivity index (χ0) is 11.4. The van der Waals surface area contributed by atoms with E-state index in [0.29, 0.717) is 18.9 Å². The number of carbonyl (C=O) groups is 2. The summed E-state index contributed by atoms with van der Waals surface area (Å²) in [7, 11) is 0. The summed E-state index contributed by atoms with van der Waals surface area (Å²) in [5, 5.41) is 0. The van der Waals surface area contributed by atoms with Crippen LogP contribution in [0, 0.1) is 5.92 Å². The van der Waals surface area contributed by atoms with Crippen LogP contribution in [0.1, 0.15) is 26.2 Å². The van der Waals surface area contributed by atoms with Crippen molar-refractivity contribution in [2.45, 2.75) is 32.2 Å². The van der Waals surface area contributed by atoms with Crippen molar-refractivity contribution in [2.24, 2.45) is 17.4 Å². The maximum Gasteiger partial charge on any atom is 0.236 e. The molecule has 2 atom stereocenters. The highest BCUT2D eigenvalue weighted by Crippen LogP contribution is 2.17. The first-order chi connectivity index (χ1) is 7.00. The smallest absolute Gasteiger partial charge is 0.236 e. The summed E-state index contributed by atoms with van der Waals surface area (Å²) >= 11 is 0. The van der Waals surface area contributed by atoms with Crippen LogP contribution in [0.25, 0.3) is 0 Å². The zero-order valence-corrected chi connectivity index (χ0v) is 9.11. The number of nitrogens with zero attached hydrogens (tertiary/aromatic N) is 1. The van der Waals surface area contributed by atoms with E-state index in [0.717, 1.165) is 12.8 Å². The normalized spacial score (nSPS) is 24.8. The van der Waals surface area contributed by atoms with Gasteiger partial charge in [0.15, 0.2) is 0 Å². The van der Waals surface area contributed by atoms with Crippen molar-refractivity contribution in [1.82, 2.24) is 4.90 Å². The molecule has 1 rings (SSSR count). The van der Waals surface area contributed by atoms with Crippen LogP contribution in [-0.2, 0) is 9.59 Å². The monoisotopic (exact) mass is 213 g/mol. The molecule has 5 heteroatoms. The lowest BCUT2D eigenvalue weighted by Crippen LogP contribution is -2.47. The maximum atomic E-state index is 11.6. The van der Waals surface area contributed by atoms with Crippen LogP contribution in [0.4, 0.5) is 0 Å². The van der Waals surface area contributed by atoms with Crippen molar-refractivity contribution >= 4 is 11.8 Å². The van der Waals surface area contributed by atoms with Gasteiger partial charge in [0.2, 0.25) is 11.8 Å². The average Bonchev–Trinajstić information content (AvgIpc) is 2.32. The van der Waals surface area contributed by atoms with Gasteiger partial charge in [0.1, 0.15) is 6.04 Å². The summed E-state index contributed by atoms with van der Waals surface area (Å²) in [6.45, 7) is 3.06. The third-order valence-corrected chi connectivity index (χ3v) is 2.88. The van der Waals surface area contributed by atoms with Gasteiger partial charge in [-0.2, -0.15) is 0 Å². The third kappa shape index (κ3) is 3.51. The van der Waals surface area contributed by atoms with Gasteiger partial charge in [-0.25, -0.2) is 0 Å².